The van der Waals surface area contributed by atoms with Crippen molar-refractivity contribution in [3.63, 3.8) is 0 Å². The fourth-order valence-electron chi connectivity index (χ4n) is 5.34. The Balaban J connectivity index is 1.46. The van der Waals surface area contributed by atoms with Crippen LogP contribution in [0.15, 0.2) is 24.3 Å². The highest BCUT2D eigenvalue weighted by Crippen LogP contribution is 2.31. The van der Waals surface area contributed by atoms with Crippen LogP contribution in [0.1, 0.15) is 32.3 Å². The minimum Gasteiger partial charge on any atom is -0.497 e. The molecule has 13 heteroatoms. The molecule has 4 rings (SSSR count). The number of rotatable bonds is 14. The third-order valence-corrected chi connectivity index (χ3v) is 8.26. The summed E-state index contributed by atoms with van der Waals surface area (Å²) in [6, 6.07) is 4.12. The lowest BCUT2D eigenvalue weighted by molar-refractivity contribution is -0.135. The Kier molecular flexibility index (Phi) is 10.7. The van der Waals surface area contributed by atoms with E-state index >= 15 is 0 Å². The number of morpholine rings is 1. The second-order valence-corrected chi connectivity index (χ2v) is 11.7. The number of ether oxygens (including phenoxy) is 3. The first-order valence-corrected chi connectivity index (χ1v) is 14.8. The molecule has 0 aromatic heterocycles. The first-order valence-electron chi connectivity index (χ1n) is 14.8. The van der Waals surface area contributed by atoms with Crippen molar-refractivity contribution in [1.82, 2.24) is 25.8 Å². The van der Waals surface area contributed by atoms with Gasteiger partial charge in [-0.15, -0.1) is 0 Å². The van der Waals surface area contributed by atoms with E-state index < -0.39 is 41.5 Å². The molecule has 1 aromatic rings. The molecule has 3 aliphatic heterocycles. The molecule has 0 radical (unpaired) electrons. The largest absolute Gasteiger partial charge is 0.497 e. The molecule has 0 spiro atoms. The highest BCUT2D eigenvalue weighted by Gasteiger charge is 2.51. The standard InChI is InChI=1S/C30H43N5O8/c1-19(31-25(36)17-35-11-13-42-14-12-35)27(38)33-24(15-20-5-7-22(41-4)8-6-20)28(39)32-23(26(37)30(2)18-43-30)16-21-9-10-34(3)29(21)40/h5-8,19,21,23-24H,9-18H2,1-4H3,(H,31,36)(H,32,39)(H,33,38)/t19-,21+,23-,24-,30+/m0/s1. The van der Waals surface area contributed by atoms with Crippen molar-refractivity contribution in [3.8, 4) is 5.75 Å². The van der Waals surface area contributed by atoms with Gasteiger partial charge < -0.3 is 35.1 Å². The van der Waals surface area contributed by atoms with Gasteiger partial charge in [0.25, 0.3) is 0 Å². The third kappa shape index (κ3) is 8.74. The number of methoxy groups -OCH3 is 1. The lowest BCUT2D eigenvalue weighted by Crippen LogP contribution is -2.57. The smallest absolute Gasteiger partial charge is 0.243 e. The number of amides is 4. The van der Waals surface area contributed by atoms with Crippen molar-refractivity contribution < 1.29 is 38.2 Å². The Morgan fingerprint density at radius 3 is 2.26 bits per heavy atom. The van der Waals surface area contributed by atoms with Crippen LogP contribution in [0.3, 0.4) is 0 Å². The summed E-state index contributed by atoms with van der Waals surface area (Å²) in [5.74, 6) is -1.57. The molecular weight excluding hydrogens is 558 g/mol. The van der Waals surface area contributed by atoms with Gasteiger partial charge in [-0.1, -0.05) is 12.1 Å². The lowest BCUT2D eigenvalue weighted by Gasteiger charge is -2.27. The predicted octanol–water partition coefficient (Wildman–Crippen LogP) is -0.729. The van der Waals surface area contributed by atoms with E-state index in [0.29, 0.717) is 45.0 Å². The van der Waals surface area contributed by atoms with Gasteiger partial charge in [-0.2, -0.15) is 0 Å². The van der Waals surface area contributed by atoms with Crippen LogP contribution in [0, 0.1) is 5.92 Å². The Hall–Kier alpha value is -3.55. The highest BCUT2D eigenvalue weighted by atomic mass is 16.6. The van der Waals surface area contributed by atoms with Crippen LogP contribution >= 0.6 is 0 Å². The van der Waals surface area contributed by atoms with Gasteiger partial charge >= 0.3 is 0 Å². The molecule has 0 unspecified atom stereocenters. The number of carbonyl (C=O) groups excluding carboxylic acids is 5. The summed E-state index contributed by atoms with van der Waals surface area (Å²) < 4.78 is 15.9. The molecule has 0 aliphatic carbocycles. The molecule has 5 atom stereocenters. The molecule has 236 valence electrons. The molecule has 3 fully saturated rings. The number of nitrogens with one attached hydrogen (secondary N) is 3. The van der Waals surface area contributed by atoms with E-state index in [2.05, 4.69) is 16.0 Å². The SMILES string of the molecule is COc1ccc(C[C@H](NC(=O)[C@H](C)NC(=O)CN2CCOCC2)C(=O)N[C@@H](C[C@H]2CCN(C)C2=O)C(=O)[C@@]2(C)CO2)cc1. The molecule has 3 saturated heterocycles. The summed E-state index contributed by atoms with van der Waals surface area (Å²) in [5.41, 5.74) is -0.266. The second-order valence-electron chi connectivity index (χ2n) is 11.7. The van der Waals surface area contributed by atoms with Crippen LogP contribution in [0.4, 0.5) is 0 Å². The number of Topliss-reactive ketones (excluding diaryl/α,β-unsaturated/α-hetero) is 1. The van der Waals surface area contributed by atoms with Crippen LogP contribution in [-0.2, 0) is 39.9 Å². The number of likely N-dealkylation sites (tertiary alicyclic amines) is 1. The number of hydrogen-bond donors (Lipinski definition) is 3. The summed E-state index contributed by atoms with van der Waals surface area (Å²) in [4.78, 5) is 69.1. The topological polar surface area (TPSA) is 159 Å². The minimum atomic E-state index is -1.07. The molecule has 0 bridgehead atoms. The van der Waals surface area contributed by atoms with Gasteiger partial charge in [-0.05, 0) is 44.4 Å². The fourth-order valence-corrected chi connectivity index (χ4v) is 5.34. The van der Waals surface area contributed by atoms with Crippen molar-refractivity contribution in [2.45, 2.75) is 56.8 Å². The van der Waals surface area contributed by atoms with E-state index in [9.17, 15) is 24.0 Å². The second kappa shape index (κ2) is 14.3. The summed E-state index contributed by atoms with van der Waals surface area (Å²) in [6.45, 7) is 6.52. The summed E-state index contributed by atoms with van der Waals surface area (Å²) >= 11 is 0. The number of hydrogen-bond acceptors (Lipinski definition) is 9. The zero-order valence-corrected chi connectivity index (χ0v) is 25.4. The average molecular weight is 602 g/mol. The lowest BCUT2D eigenvalue weighted by atomic mass is 9.90. The molecule has 43 heavy (non-hydrogen) atoms. The number of carbonyl (C=O) groups is 5. The molecule has 3 aliphatic rings. The van der Waals surface area contributed by atoms with E-state index in [1.807, 2.05) is 4.90 Å². The maximum atomic E-state index is 13.8. The third-order valence-electron chi connectivity index (χ3n) is 8.26. The Morgan fingerprint density at radius 1 is 1.02 bits per heavy atom. The van der Waals surface area contributed by atoms with E-state index in [-0.39, 0.29) is 43.6 Å². The fraction of sp³-hybridized carbons (Fsp3) is 0.633. The summed E-state index contributed by atoms with van der Waals surface area (Å²) in [7, 11) is 3.26. The van der Waals surface area contributed by atoms with E-state index in [1.165, 1.54) is 0 Å². The molecular formula is C30H43N5O8. The number of epoxide rings is 1. The molecule has 3 heterocycles. The van der Waals surface area contributed by atoms with Crippen molar-refractivity contribution in [2.24, 2.45) is 5.92 Å². The number of ketones is 1. The highest BCUT2D eigenvalue weighted by molar-refractivity contribution is 5.99. The maximum Gasteiger partial charge on any atom is 0.243 e. The van der Waals surface area contributed by atoms with Gasteiger partial charge in [-0.3, -0.25) is 28.9 Å². The summed E-state index contributed by atoms with van der Waals surface area (Å²) in [5, 5.41) is 8.29. The summed E-state index contributed by atoms with van der Waals surface area (Å²) in [6.07, 6.45) is 0.847. The molecule has 0 saturated carbocycles. The molecule has 13 nitrogen and oxygen atoms in total. The first kappa shape index (κ1) is 32.4. The van der Waals surface area contributed by atoms with Crippen molar-refractivity contribution >= 4 is 29.4 Å². The minimum absolute atomic E-state index is 0.0707. The van der Waals surface area contributed by atoms with Gasteiger partial charge in [0, 0.05) is 39.0 Å². The van der Waals surface area contributed by atoms with Crippen molar-refractivity contribution in [3.05, 3.63) is 29.8 Å². The monoisotopic (exact) mass is 601 g/mol. The van der Waals surface area contributed by atoms with Gasteiger partial charge in [0.2, 0.25) is 23.6 Å². The van der Waals surface area contributed by atoms with E-state index in [4.69, 9.17) is 14.2 Å². The normalized spacial score (nSPS) is 24.0. The van der Waals surface area contributed by atoms with Crippen molar-refractivity contribution in [1.29, 1.82) is 0 Å². The Labute approximate surface area is 251 Å². The van der Waals surface area contributed by atoms with E-state index in [1.54, 1.807) is 57.2 Å². The molecule has 3 N–H and O–H groups in total. The van der Waals surface area contributed by atoms with Gasteiger partial charge in [-0.25, -0.2) is 0 Å². The Morgan fingerprint density at radius 2 is 1.67 bits per heavy atom. The van der Waals surface area contributed by atoms with Crippen LogP contribution in [0.5, 0.6) is 5.75 Å². The van der Waals surface area contributed by atoms with Crippen LogP contribution in [0.25, 0.3) is 0 Å². The van der Waals surface area contributed by atoms with Gasteiger partial charge in [0.1, 0.15) is 23.4 Å². The maximum absolute atomic E-state index is 13.8. The van der Waals surface area contributed by atoms with Crippen LogP contribution < -0.4 is 20.7 Å². The number of benzene rings is 1. The Bertz CT molecular complexity index is 1180. The van der Waals surface area contributed by atoms with Gasteiger partial charge in [0.15, 0.2) is 5.78 Å². The first-order chi connectivity index (χ1) is 20.5. The zero-order valence-electron chi connectivity index (χ0n) is 25.4. The van der Waals surface area contributed by atoms with Gasteiger partial charge in [0.05, 0.1) is 39.5 Å². The average Bonchev–Trinajstić information content (AvgIpc) is 3.68. The zero-order chi connectivity index (χ0) is 31.1. The predicted molar refractivity (Wildman–Crippen MR) is 155 cm³/mol. The van der Waals surface area contributed by atoms with Crippen LogP contribution in [-0.4, -0.2) is 123 Å². The van der Waals surface area contributed by atoms with Crippen LogP contribution in [0.2, 0.25) is 0 Å². The number of nitrogens with zero attached hydrogens (tertiary/aromatic N) is 2. The van der Waals surface area contributed by atoms with E-state index in [0.717, 1.165) is 5.56 Å². The molecule has 4 amide bonds. The quantitative estimate of drug-likeness (QED) is 0.234. The molecule has 1 aromatic carbocycles. The van der Waals surface area contributed by atoms with Crippen molar-refractivity contribution in [2.75, 3.05) is 60.2 Å².